The molecule has 0 aliphatic rings. The molecule has 0 radical (unpaired) electrons. The summed E-state index contributed by atoms with van der Waals surface area (Å²) in [6.45, 7) is 6.90. The average Bonchev–Trinajstić information content (AvgIpc) is 2.70. The van der Waals surface area contributed by atoms with Crippen molar-refractivity contribution in [2.24, 2.45) is 5.92 Å². The highest BCUT2D eigenvalue weighted by atomic mass is 16.5. The second-order valence-electron chi connectivity index (χ2n) is 6.78. The first kappa shape index (κ1) is 21.3. The fourth-order valence-electron chi connectivity index (χ4n) is 2.68. The van der Waals surface area contributed by atoms with E-state index >= 15 is 0 Å². The Balaban J connectivity index is 1.83. The number of benzene rings is 2. The maximum Gasteiger partial charge on any atom is 0.255 e. The van der Waals surface area contributed by atoms with Gasteiger partial charge in [-0.1, -0.05) is 44.2 Å². The van der Waals surface area contributed by atoms with Gasteiger partial charge in [-0.3, -0.25) is 9.59 Å². The standard InChI is InChI=1S/C22H29N3O3/c1-4-28-20-13-9-8-12-18(20)22(27)24-15-21(26)23-14-19(16(2)3)25-17-10-6-5-7-11-17/h5-13,16,19,25H,4,14-15H2,1-3H3,(H,23,26)(H,24,27). The van der Waals surface area contributed by atoms with Crippen LogP contribution in [0.15, 0.2) is 54.6 Å². The maximum absolute atomic E-state index is 12.3. The first-order valence-electron chi connectivity index (χ1n) is 9.59. The number of carbonyl (C=O) groups is 2. The summed E-state index contributed by atoms with van der Waals surface area (Å²) >= 11 is 0. The van der Waals surface area contributed by atoms with Gasteiger partial charge in [-0.2, -0.15) is 0 Å². The second kappa shape index (κ2) is 11.0. The summed E-state index contributed by atoms with van der Waals surface area (Å²) in [4.78, 5) is 24.5. The molecule has 0 bridgehead atoms. The monoisotopic (exact) mass is 383 g/mol. The number of carbonyl (C=O) groups excluding carboxylic acids is 2. The summed E-state index contributed by atoms with van der Waals surface area (Å²) < 4.78 is 5.46. The zero-order valence-electron chi connectivity index (χ0n) is 16.7. The number of amides is 2. The Morgan fingerprint density at radius 2 is 1.64 bits per heavy atom. The lowest BCUT2D eigenvalue weighted by molar-refractivity contribution is -0.120. The number of para-hydroxylation sites is 2. The van der Waals surface area contributed by atoms with Gasteiger partial charge in [0.2, 0.25) is 5.91 Å². The first-order valence-corrected chi connectivity index (χ1v) is 9.59. The predicted molar refractivity (Wildman–Crippen MR) is 112 cm³/mol. The molecule has 0 aliphatic carbocycles. The molecule has 6 nitrogen and oxygen atoms in total. The summed E-state index contributed by atoms with van der Waals surface area (Å²) in [6, 6.07) is 16.9. The lowest BCUT2D eigenvalue weighted by Gasteiger charge is -2.24. The minimum absolute atomic E-state index is 0.0840. The van der Waals surface area contributed by atoms with Gasteiger partial charge in [-0.05, 0) is 37.1 Å². The van der Waals surface area contributed by atoms with Crippen molar-refractivity contribution in [3.8, 4) is 5.75 Å². The van der Waals surface area contributed by atoms with Crippen molar-refractivity contribution in [3.63, 3.8) is 0 Å². The zero-order valence-corrected chi connectivity index (χ0v) is 16.7. The first-order chi connectivity index (χ1) is 13.5. The summed E-state index contributed by atoms with van der Waals surface area (Å²) in [6.07, 6.45) is 0. The van der Waals surface area contributed by atoms with Gasteiger partial charge in [0.1, 0.15) is 5.75 Å². The molecule has 0 aliphatic heterocycles. The highest BCUT2D eigenvalue weighted by Gasteiger charge is 2.16. The summed E-state index contributed by atoms with van der Waals surface area (Å²) in [5, 5.41) is 8.96. The number of rotatable bonds is 10. The minimum Gasteiger partial charge on any atom is -0.493 e. The fourth-order valence-corrected chi connectivity index (χ4v) is 2.68. The third-order valence-corrected chi connectivity index (χ3v) is 4.29. The molecule has 2 amide bonds. The largest absolute Gasteiger partial charge is 0.493 e. The second-order valence-corrected chi connectivity index (χ2v) is 6.78. The van der Waals surface area contributed by atoms with Gasteiger partial charge in [0.15, 0.2) is 0 Å². The van der Waals surface area contributed by atoms with Crippen LogP contribution in [0, 0.1) is 5.92 Å². The van der Waals surface area contributed by atoms with E-state index in [1.807, 2.05) is 37.3 Å². The predicted octanol–water partition coefficient (Wildman–Crippen LogP) is 3.07. The van der Waals surface area contributed by atoms with Crippen LogP contribution in [0.5, 0.6) is 5.75 Å². The molecule has 28 heavy (non-hydrogen) atoms. The molecule has 0 saturated heterocycles. The van der Waals surface area contributed by atoms with Crippen molar-refractivity contribution in [3.05, 3.63) is 60.2 Å². The minimum atomic E-state index is -0.331. The normalized spacial score (nSPS) is 11.6. The van der Waals surface area contributed by atoms with Crippen LogP contribution < -0.4 is 20.7 Å². The van der Waals surface area contributed by atoms with Gasteiger partial charge in [-0.15, -0.1) is 0 Å². The van der Waals surface area contributed by atoms with Gasteiger partial charge < -0.3 is 20.7 Å². The number of nitrogens with one attached hydrogen (secondary N) is 3. The Labute approximate surface area is 166 Å². The average molecular weight is 383 g/mol. The zero-order chi connectivity index (χ0) is 20.4. The van der Waals surface area contributed by atoms with Crippen molar-refractivity contribution in [2.75, 3.05) is 25.0 Å². The highest BCUT2D eigenvalue weighted by Crippen LogP contribution is 2.17. The molecule has 2 aromatic rings. The van der Waals surface area contributed by atoms with Crippen molar-refractivity contribution >= 4 is 17.5 Å². The van der Waals surface area contributed by atoms with E-state index in [1.54, 1.807) is 24.3 Å². The third-order valence-electron chi connectivity index (χ3n) is 4.29. The molecule has 1 atom stereocenters. The molecule has 3 N–H and O–H groups in total. The van der Waals surface area contributed by atoms with Crippen LogP contribution in [0.1, 0.15) is 31.1 Å². The molecular weight excluding hydrogens is 354 g/mol. The van der Waals surface area contributed by atoms with Gasteiger partial charge in [0, 0.05) is 18.3 Å². The lowest BCUT2D eigenvalue weighted by atomic mass is 10.0. The molecule has 0 saturated carbocycles. The lowest BCUT2D eigenvalue weighted by Crippen LogP contribution is -2.43. The number of hydrogen-bond acceptors (Lipinski definition) is 4. The van der Waals surface area contributed by atoms with Crippen molar-refractivity contribution in [2.45, 2.75) is 26.8 Å². The van der Waals surface area contributed by atoms with Gasteiger partial charge in [-0.25, -0.2) is 0 Å². The summed E-state index contributed by atoms with van der Waals surface area (Å²) in [7, 11) is 0. The van der Waals surface area contributed by atoms with Crippen LogP contribution in [0.3, 0.4) is 0 Å². The molecule has 2 aromatic carbocycles. The quantitative estimate of drug-likeness (QED) is 0.589. The summed E-state index contributed by atoms with van der Waals surface area (Å²) in [5.74, 6) is 0.271. The van der Waals surface area contributed by atoms with Crippen LogP contribution in [-0.4, -0.2) is 37.6 Å². The molecule has 0 fully saturated rings. The Morgan fingerprint density at radius 1 is 0.964 bits per heavy atom. The van der Waals surface area contributed by atoms with Crippen LogP contribution in [0.4, 0.5) is 5.69 Å². The van der Waals surface area contributed by atoms with Crippen LogP contribution >= 0.6 is 0 Å². The van der Waals surface area contributed by atoms with Crippen molar-refractivity contribution < 1.29 is 14.3 Å². The van der Waals surface area contributed by atoms with E-state index in [4.69, 9.17) is 4.74 Å². The number of anilines is 1. The molecule has 2 rings (SSSR count). The number of ether oxygens (including phenoxy) is 1. The van der Waals surface area contributed by atoms with Crippen LogP contribution in [0.2, 0.25) is 0 Å². The molecule has 0 heterocycles. The Hall–Kier alpha value is -3.02. The van der Waals surface area contributed by atoms with Gasteiger partial charge in [0.25, 0.3) is 5.91 Å². The molecule has 0 spiro atoms. The third kappa shape index (κ3) is 6.61. The molecule has 6 heteroatoms. The number of hydrogen-bond donors (Lipinski definition) is 3. The molecule has 150 valence electrons. The Bertz CT molecular complexity index is 763. The van der Waals surface area contributed by atoms with E-state index < -0.39 is 0 Å². The highest BCUT2D eigenvalue weighted by molar-refractivity contribution is 5.98. The van der Waals surface area contributed by atoms with E-state index in [2.05, 4.69) is 29.8 Å². The summed E-state index contributed by atoms with van der Waals surface area (Å²) in [5.41, 5.74) is 1.43. The van der Waals surface area contributed by atoms with Crippen LogP contribution in [-0.2, 0) is 4.79 Å². The van der Waals surface area contributed by atoms with Crippen molar-refractivity contribution in [1.82, 2.24) is 10.6 Å². The molecular formula is C22H29N3O3. The Morgan fingerprint density at radius 3 is 2.32 bits per heavy atom. The van der Waals surface area contributed by atoms with E-state index in [-0.39, 0.29) is 24.4 Å². The van der Waals surface area contributed by atoms with E-state index in [9.17, 15) is 9.59 Å². The topological polar surface area (TPSA) is 79.5 Å². The van der Waals surface area contributed by atoms with E-state index in [0.29, 0.717) is 30.4 Å². The Kier molecular flexibility index (Phi) is 8.34. The van der Waals surface area contributed by atoms with Gasteiger partial charge in [0.05, 0.1) is 18.7 Å². The fraction of sp³-hybridized carbons (Fsp3) is 0.364. The molecule has 1 unspecified atom stereocenters. The van der Waals surface area contributed by atoms with Crippen LogP contribution in [0.25, 0.3) is 0 Å². The van der Waals surface area contributed by atoms with Crippen molar-refractivity contribution in [1.29, 1.82) is 0 Å². The SMILES string of the molecule is CCOc1ccccc1C(=O)NCC(=O)NCC(Nc1ccccc1)C(C)C. The smallest absolute Gasteiger partial charge is 0.255 e. The maximum atomic E-state index is 12.3. The van der Waals surface area contributed by atoms with Gasteiger partial charge >= 0.3 is 0 Å². The van der Waals surface area contributed by atoms with E-state index in [0.717, 1.165) is 5.69 Å². The van der Waals surface area contributed by atoms with E-state index in [1.165, 1.54) is 0 Å². The molecule has 0 aromatic heterocycles.